The summed E-state index contributed by atoms with van der Waals surface area (Å²) in [5, 5.41) is 3.36. The smallest absolute Gasteiger partial charge is 0.244 e. The van der Waals surface area contributed by atoms with Crippen molar-refractivity contribution in [3.05, 3.63) is 64.7 Å². The number of amides is 2. The van der Waals surface area contributed by atoms with Crippen molar-refractivity contribution in [2.45, 2.75) is 46.7 Å². The van der Waals surface area contributed by atoms with Gasteiger partial charge in [-0.25, -0.2) is 8.42 Å². The minimum Gasteiger partial charge on any atom is -0.354 e. The van der Waals surface area contributed by atoms with Crippen molar-refractivity contribution in [1.82, 2.24) is 10.2 Å². The highest BCUT2D eigenvalue weighted by atomic mass is 35.5. The van der Waals surface area contributed by atoms with Gasteiger partial charge in [-0.2, -0.15) is 0 Å². The van der Waals surface area contributed by atoms with Crippen LogP contribution in [0.2, 0.25) is 5.02 Å². The van der Waals surface area contributed by atoms with Gasteiger partial charge in [-0.05, 0) is 43.0 Å². The lowest BCUT2D eigenvalue weighted by Crippen LogP contribution is -2.52. The molecule has 0 saturated heterocycles. The first-order chi connectivity index (χ1) is 15.9. The highest BCUT2D eigenvalue weighted by Gasteiger charge is 2.32. The topological polar surface area (TPSA) is 86.8 Å². The van der Waals surface area contributed by atoms with E-state index in [0.717, 1.165) is 16.1 Å². The normalized spacial score (nSPS) is 12.3. The summed E-state index contributed by atoms with van der Waals surface area (Å²) >= 11 is 6.35. The molecule has 9 heteroatoms. The molecule has 0 bridgehead atoms. The summed E-state index contributed by atoms with van der Waals surface area (Å²) in [6.45, 7) is 7.81. The van der Waals surface area contributed by atoms with Gasteiger partial charge in [0.15, 0.2) is 0 Å². The van der Waals surface area contributed by atoms with E-state index in [1.165, 1.54) is 4.90 Å². The maximum Gasteiger partial charge on any atom is 0.244 e. The summed E-state index contributed by atoms with van der Waals surface area (Å²) in [6.07, 6.45) is 1.43. The molecule has 0 aliphatic carbocycles. The second-order valence-electron chi connectivity index (χ2n) is 8.78. The molecule has 7 nitrogen and oxygen atoms in total. The fourth-order valence-electron chi connectivity index (χ4n) is 3.48. The molecule has 0 unspecified atom stereocenters. The van der Waals surface area contributed by atoms with E-state index in [-0.39, 0.29) is 18.4 Å². The van der Waals surface area contributed by atoms with E-state index in [4.69, 9.17) is 11.6 Å². The molecule has 0 aromatic heterocycles. The average molecular weight is 508 g/mol. The number of rotatable bonds is 11. The van der Waals surface area contributed by atoms with Crippen LogP contribution in [0.15, 0.2) is 48.5 Å². The van der Waals surface area contributed by atoms with Gasteiger partial charge in [0.1, 0.15) is 12.6 Å². The van der Waals surface area contributed by atoms with E-state index in [1.54, 1.807) is 48.5 Å². The second kappa shape index (κ2) is 12.2. The van der Waals surface area contributed by atoms with Gasteiger partial charge in [-0.3, -0.25) is 13.9 Å². The molecule has 0 spiro atoms. The number of nitrogens with one attached hydrogen (secondary N) is 1. The summed E-state index contributed by atoms with van der Waals surface area (Å²) in [5.41, 5.74) is 2.03. The molecule has 0 radical (unpaired) electrons. The van der Waals surface area contributed by atoms with E-state index in [1.807, 2.05) is 27.7 Å². The van der Waals surface area contributed by atoms with E-state index in [9.17, 15) is 18.0 Å². The number of anilines is 1. The van der Waals surface area contributed by atoms with Gasteiger partial charge in [-0.1, -0.05) is 68.3 Å². The number of carbonyl (C=O) groups is 2. The number of nitrogens with zero attached hydrogens (tertiary/aromatic N) is 2. The number of hydrogen-bond donors (Lipinski definition) is 1. The van der Waals surface area contributed by atoms with Crippen molar-refractivity contribution in [2.24, 2.45) is 5.92 Å². The summed E-state index contributed by atoms with van der Waals surface area (Å²) < 4.78 is 26.2. The minimum absolute atomic E-state index is 0.0810. The monoisotopic (exact) mass is 507 g/mol. The zero-order valence-electron chi connectivity index (χ0n) is 20.4. The van der Waals surface area contributed by atoms with Crippen molar-refractivity contribution in [3.8, 4) is 0 Å². The molecular formula is C25H34ClN3O4S. The number of sulfonamides is 1. The van der Waals surface area contributed by atoms with Crippen molar-refractivity contribution >= 4 is 39.1 Å². The van der Waals surface area contributed by atoms with Crippen molar-refractivity contribution in [1.29, 1.82) is 0 Å². The van der Waals surface area contributed by atoms with Gasteiger partial charge in [0.05, 0.1) is 11.9 Å². The highest BCUT2D eigenvalue weighted by molar-refractivity contribution is 7.92. The molecule has 1 N–H and O–H groups in total. The van der Waals surface area contributed by atoms with Gasteiger partial charge < -0.3 is 10.2 Å². The van der Waals surface area contributed by atoms with Gasteiger partial charge >= 0.3 is 0 Å². The number of aryl methyl sites for hydroxylation is 1. The minimum atomic E-state index is -3.76. The molecule has 2 rings (SSSR count). The Balaban J connectivity index is 2.42. The van der Waals surface area contributed by atoms with Crippen LogP contribution in [0.3, 0.4) is 0 Å². The van der Waals surface area contributed by atoms with E-state index in [0.29, 0.717) is 29.2 Å². The van der Waals surface area contributed by atoms with Crippen LogP contribution in [-0.4, -0.2) is 50.5 Å². The summed E-state index contributed by atoms with van der Waals surface area (Å²) in [4.78, 5) is 28.0. The molecule has 1 atom stereocenters. The fourth-order valence-corrected chi connectivity index (χ4v) is 4.52. The first-order valence-corrected chi connectivity index (χ1v) is 13.5. The largest absolute Gasteiger partial charge is 0.354 e. The Hall–Kier alpha value is -2.58. The molecule has 34 heavy (non-hydrogen) atoms. The Bertz CT molecular complexity index is 1090. The zero-order valence-corrected chi connectivity index (χ0v) is 22.0. The van der Waals surface area contributed by atoms with E-state index < -0.39 is 28.5 Å². The van der Waals surface area contributed by atoms with Crippen LogP contribution in [-0.2, 0) is 26.2 Å². The Kier molecular flexibility index (Phi) is 9.94. The first kappa shape index (κ1) is 27.7. The van der Waals surface area contributed by atoms with Crippen molar-refractivity contribution < 1.29 is 18.0 Å². The first-order valence-electron chi connectivity index (χ1n) is 11.3. The Morgan fingerprint density at radius 3 is 2.21 bits per heavy atom. The quantitative estimate of drug-likeness (QED) is 0.498. The molecule has 0 saturated carbocycles. The van der Waals surface area contributed by atoms with Crippen LogP contribution in [0.25, 0.3) is 0 Å². The van der Waals surface area contributed by atoms with Gasteiger partial charge in [0, 0.05) is 18.1 Å². The summed E-state index contributed by atoms with van der Waals surface area (Å²) in [5.74, 6) is -0.522. The molecule has 186 valence electrons. The molecule has 0 fully saturated rings. The number of hydrogen-bond acceptors (Lipinski definition) is 4. The predicted molar refractivity (Wildman–Crippen MR) is 137 cm³/mol. The third kappa shape index (κ3) is 7.74. The Morgan fingerprint density at radius 2 is 1.68 bits per heavy atom. The predicted octanol–water partition coefficient (Wildman–Crippen LogP) is 3.99. The van der Waals surface area contributed by atoms with Crippen LogP contribution in [0.5, 0.6) is 0 Å². The lowest BCUT2D eigenvalue weighted by molar-refractivity contribution is -0.140. The zero-order chi connectivity index (χ0) is 25.5. The Labute approximate surface area is 208 Å². The van der Waals surface area contributed by atoms with Crippen molar-refractivity contribution in [2.75, 3.05) is 23.7 Å². The third-order valence-corrected chi connectivity index (χ3v) is 6.88. The molecule has 0 heterocycles. The summed E-state index contributed by atoms with van der Waals surface area (Å²) in [6, 6.07) is 13.2. The standard InChI is InChI=1S/C25H34ClN3O4S/c1-6-23(25(31)27-15-18(2)3)28(16-20-9-7-8-10-22(20)26)24(30)17-29(34(5,32)33)21-13-11-19(4)12-14-21/h7-14,18,23H,6,15-17H2,1-5H3,(H,27,31)/t23-/m1/s1. The maximum atomic E-state index is 13.6. The molecule has 0 aliphatic heterocycles. The number of benzene rings is 2. The van der Waals surface area contributed by atoms with Crippen LogP contribution >= 0.6 is 11.6 Å². The summed E-state index contributed by atoms with van der Waals surface area (Å²) in [7, 11) is -3.76. The van der Waals surface area contributed by atoms with Crippen LogP contribution in [0, 0.1) is 12.8 Å². The highest BCUT2D eigenvalue weighted by Crippen LogP contribution is 2.22. The maximum absolute atomic E-state index is 13.6. The molecule has 0 aliphatic rings. The fraction of sp³-hybridized carbons (Fsp3) is 0.440. The molecule has 2 aromatic carbocycles. The van der Waals surface area contributed by atoms with Crippen LogP contribution in [0.4, 0.5) is 5.69 Å². The Morgan fingerprint density at radius 1 is 1.06 bits per heavy atom. The second-order valence-corrected chi connectivity index (χ2v) is 11.1. The average Bonchev–Trinajstić information content (AvgIpc) is 2.77. The SMILES string of the molecule is CC[C@H](C(=O)NCC(C)C)N(Cc1ccccc1Cl)C(=O)CN(c1ccc(C)cc1)S(C)(=O)=O. The van der Waals surface area contributed by atoms with Gasteiger partial charge in [0.25, 0.3) is 0 Å². The van der Waals surface area contributed by atoms with Gasteiger partial charge in [0.2, 0.25) is 21.8 Å². The van der Waals surface area contributed by atoms with E-state index >= 15 is 0 Å². The third-order valence-electron chi connectivity index (χ3n) is 5.37. The number of halogens is 1. The number of carbonyl (C=O) groups excluding carboxylic acids is 2. The van der Waals surface area contributed by atoms with Crippen LogP contribution < -0.4 is 9.62 Å². The van der Waals surface area contributed by atoms with Gasteiger partial charge in [-0.15, -0.1) is 0 Å². The van der Waals surface area contributed by atoms with E-state index in [2.05, 4.69) is 5.32 Å². The lowest BCUT2D eigenvalue weighted by atomic mass is 10.1. The van der Waals surface area contributed by atoms with Crippen LogP contribution in [0.1, 0.15) is 38.3 Å². The lowest BCUT2D eigenvalue weighted by Gasteiger charge is -2.33. The molecule has 2 amide bonds. The van der Waals surface area contributed by atoms with Crippen molar-refractivity contribution in [3.63, 3.8) is 0 Å². The molecular weight excluding hydrogens is 474 g/mol. The molecule has 2 aromatic rings.